The molecular weight excluding hydrogens is 270 g/mol. The lowest BCUT2D eigenvalue weighted by atomic mass is 10.1. The molecule has 0 fully saturated rings. The van der Waals surface area contributed by atoms with Crippen LogP contribution >= 0.6 is 11.6 Å². The van der Waals surface area contributed by atoms with Crippen molar-refractivity contribution in [1.82, 2.24) is 9.55 Å². The van der Waals surface area contributed by atoms with Crippen LogP contribution < -0.4 is 5.32 Å². The SMILES string of the molecule is CC(Nc1ccc2c(c1)ncn2C)c1ccccc1Cl. The maximum Gasteiger partial charge on any atom is 0.0955 e. The predicted molar refractivity (Wildman–Crippen MR) is 84.2 cm³/mol. The summed E-state index contributed by atoms with van der Waals surface area (Å²) < 4.78 is 2.01. The van der Waals surface area contributed by atoms with E-state index < -0.39 is 0 Å². The van der Waals surface area contributed by atoms with Gasteiger partial charge < -0.3 is 9.88 Å². The number of nitrogens with zero attached hydrogens (tertiary/aromatic N) is 2. The summed E-state index contributed by atoms with van der Waals surface area (Å²) in [6, 6.07) is 14.2. The molecule has 1 unspecified atom stereocenters. The molecule has 1 aromatic heterocycles. The van der Waals surface area contributed by atoms with Gasteiger partial charge in [-0.1, -0.05) is 29.8 Å². The van der Waals surface area contributed by atoms with Crippen LogP contribution in [0.15, 0.2) is 48.8 Å². The van der Waals surface area contributed by atoms with Crippen molar-refractivity contribution in [3.05, 3.63) is 59.4 Å². The largest absolute Gasteiger partial charge is 0.378 e. The summed E-state index contributed by atoms with van der Waals surface area (Å²) in [5, 5.41) is 4.25. The van der Waals surface area contributed by atoms with Gasteiger partial charge in [-0.3, -0.25) is 0 Å². The molecule has 0 radical (unpaired) electrons. The first-order valence-electron chi connectivity index (χ1n) is 6.57. The number of aromatic nitrogens is 2. The zero-order chi connectivity index (χ0) is 14.1. The molecule has 0 bridgehead atoms. The maximum absolute atomic E-state index is 6.23. The second kappa shape index (κ2) is 5.17. The Kier molecular flexibility index (Phi) is 3.36. The monoisotopic (exact) mass is 285 g/mol. The van der Waals surface area contributed by atoms with E-state index in [4.69, 9.17) is 11.6 Å². The van der Waals surface area contributed by atoms with E-state index in [1.165, 1.54) is 0 Å². The minimum atomic E-state index is 0.143. The molecule has 0 saturated heterocycles. The van der Waals surface area contributed by atoms with Crippen molar-refractivity contribution < 1.29 is 0 Å². The van der Waals surface area contributed by atoms with E-state index >= 15 is 0 Å². The Morgan fingerprint density at radius 3 is 2.80 bits per heavy atom. The van der Waals surface area contributed by atoms with Gasteiger partial charge in [-0.15, -0.1) is 0 Å². The first-order valence-corrected chi connectivity index (χ1v) is 6.95. The molecule has 3 aromatic rings. The molecule has 0 amide bonds. The average molecular weight is 286 g/mol. The molecule has 1 N–H and O–H groups in total. The zero-order valence-corrected chi connectivity index (χ0v) is 12.2. The van der Waals surface area contributed by atoms with E-state index in [-0.39, 0.29) is 6.04 Å². The molecule has 1 atom stereocenters. The fourth-order valence-electron chi connectivity index (χ4n) is 2.38. The Morgan fingerprint density at radius 2 is 2.00 bits per heavy atom. The number of fused-ring (bicyclic) bond motifs is 1. The number of rotatable bonds is 3. The number of hydrogen-bond acceptors (Lipinski definition) is 2. The van der Waals surface area contributed by atoms with Crippen LogP contribution in [0.2, 0.25) is 5.02 Å². The quantitative estimate of drug-likeness (QED) is 0.773. The molecule has 4 heteroatoms. The lowest BCUT2D eigenvalue weighted by Crippen LogP contribution is -2.07. The summed E-state index contributed by atoms with van der Waals surface area (Å²) in [5.74, 6) is 0. The number of anilines is 1. The van der Waals surface area contributed by atoms with Gasteiger partial charge in [0.05, 0.1) is 17.4 Å². The summed E-state index contributed by atoms with van der Waals surface area (Å²) in [5.41, 5.74) is 4.25. The topological polar surface area (TPSA) is 29.9 Å². The summed E-state index contributed by atoms with van der Waals surface area (Å²) in [4.78, 5) is 4.37. The third kappa shape index (κ3) is 2.37. The number of aryl methyl sites for hydroxylation is 1. The second-order valence-corrected chi connectivity index (χ2v) is 5.35. The number of halogens is 1. The number of benzene rings is 2. The van der Waals surface area contributed by atoms with E-state index in [9.17, 15) is 0 Å². The van der Waals surface area contributed by atoms with Crippen molar-refractivity contribution in [3.8, 4) is 0 Å². The van der Waals surface area contributed by atoms with Gasteiger partial charge in [0.2, 0.25) is 0 Å². The first kappa shape index (κ1) is 13.0. The minimum absolute atomic E-state index is 0.143. The molecule has 0 aliphatic carbocycles. The molecular formula is C16H16ClN3. The highest BCUT2D eigenvalue weighted by molar-refractivity contribution is 6.31. The van der Waals surface area contributed by atoms with Crippen LogP contribution in [0.3, 0.4) is 0 Å². The number of imidazole rings is 1. The number of nitrogens with one attached hydrogen (secondary N) is 1. The van der Waals surface area contributed by atoms with E-state index in [1.54, 1.807) is 0 Å². The Morgan fingerprint density at radius 1 is 1.20 bits per heavy atom. The highest BCUT2D eigenvalue weighted by atomic mass is 35.5. The first-order chi connectivity index (χ1) is 9.65. The van der Waals surface area contributed by atoms with Crippen molar-refractivity contribution in [2.24, 2.45) is 7.05 Å². The van der Waals surface area contributed by atoms with Crippen molar-refractivity contribution in [3.63, 3.8) is 0 Å². The van der Waals surface area contributed by atoms with E-state index in [0.29, 0.717) is 0 Å². The van der Waals surface area contributed by atoms with Gasteiger partial charge in [0.1, 0.15) is 0 Å². The van der Waals surface area contributed by atoms with Crippen LogP contribution in [-0.4, -0.2) is 9.55 Å². The Bertz CT molecular complexity index is 748. The van der Waals surface area contributed by atoms with Crippen molar-refractivity contribution in [2.75, 3.05) is 5.32 Å². The van der Waals surface area contributed by atoms with Crippen LogP contribution in [-0.2, 0) is 7.05 Å². The molecule has 2 aromatic carbocycles. The van der Waals surface area contributed by atoms with Gasteiger partial charge >= 0.3 is 0 Å². The maximum atomic E-state index is 6.23. The average Bonchev–Trinajstić information content (AvgIpc) is 2.80. The summed E-state index contributed by atoms with van der Waals surface area (Å²) in [7, 11) is 1.99. The van der Waals surface area contributed by atoms with E-state index in [0.717, 1.165) is 27.3 Å². The molecule has 0 aliphatic rings. The van der Waals surface area contributed by atoms with Crippen LogP contribution in [0.4, 0.5) is 5.69 Å². The van der Waals surface area contributed by atoms with Crippen molar-refractivity contribution >= 4 is 28.3 Å². The zero-order valence-electron chi connectivity index (χ0n) is 11.5. The van der Waals surface area contributed by atoms with Crippen LogP contribution in [0.25, 0.3) is 11.0 Å². The lowest BCUT2D eigenvalue weighted by Gasteiger charge is -2.17. The normalized spacial score (nSPS) is 12.6. The van der Waals surface area contributed by atoms with E-state index in [1.807, 2.05) is 42.2 Å². The highest BCUT2D eigenvalue weighted by Gasteiger charge is 2.09. The van der Waals surface area contributed by atoms with Gasteiger partial charge in [0, 0.05) is 23.8 Å². The fraction of sp³-hybridized carbons (Fsp3) is 0.188. The van der Waals surface area contributed by atoms with Gasteiger partial charge in [-0.2, -0.15) is 0 Å². The third-order valence-corrected chi connectivity index (χ3v) is 3.82. The lowest BCUT2D eigenvalue weighted by molar-refractivity contribution is 0.885. The van der Waals surface area contributed by atoms with Crippen molar-refractivity contribution in [2.45, 2.75) is 13.0 Å². The molecule has 0 aliphatic heterocycles. The van der Waals surface area contributed by atoms with Crippen LogP contribution in [0, 0.1) is 0 Å². The Hall–Kier alpha value is -2.00. The third-order valence-electron chi connectivity index (χ3n) is 3.48. The van der Waals surface area contributed by atoms with Crippen LogP contribution in [0.5, 0.6) is 0 Å². The number of hydrogen-bond donors (Lipinski definition) is 1. The molecule has 0 spiro atoms. The Balaban J connectivity index is 1.87. The van der Waals surface area contributed by atoms with Gasteiger partial charge in [-0.25, -0.2) is 4.98 Å². The summed E-state index contributed by atoms with van der Waals surface area (Å²) in [6.45, 7) is 2.10. The Labute approximate surface area is 123 Å². The molecule has 3 nitrogen and oxygen atoms in total. The van der Waals surface area contributed by atoms with Gasteiger partial charge in [0.15, 0.2) is 0 Å². The predicted octanol–water partition coefficient (Wildman–Crippen LogP) is 4.40. The summed E-state index contributed by atoms with van der Waals surface area (Å²) >= 11 is 6.23. The van der Waals surface area contributed by atoms with Gasteiger partial charge in [-0.05, 0) is 36.8 Å². The fourth-order valence-corrected chi connectivity index (χ4v) is 2.68. The smallest absolute Gasteiger partial charge is 0.0955 e. The van der Waals surface area contributed by atoms with Gasteiger partial charge in [0.25, 0.3) is 0 Å². The van der Waals surface area contributed by atoms with Crippen LogP contribution in [0.1, 0.15) is 18.5 Å². The van der Waals surface area contributed by atoms with E-state index in [2.05, 4.69) is 35.4 Å². The minimum Gasteiger partial charge on any atom is -0.378 e. The molecule has 1 heterocycles. The standard InChI is InChI=1S/C16H16ClN3/c1-11(13-5-3-4-6-14(13)17)19-12-7-8-16-15(9-12)18-10-20(16)2/h3-11,19H,1-2H3. The van der Waals surface area contributed by atoms with Crippen molar-refractivity contribution in [1.29, 1.82) is 0 Å². The summed E-state index contributed by atoms with van der Waals surface area (Å²) in [6.07, 6.45) is 1.83. The molecule has 3 rings (SSSR count). The molecule has 20 heavy (non-hydrogen) atoms. The molecule has 0 saturated carbocycles. The molecule has 102 valence electrons. The highest BCUT2D eigenvalue weighted by Crippen LogP contribution is 2.26. The second-order valence-electron chi connectivity index (χ2n) is 4.95.